The SMILES string of the molecule is CN(C(=O)CN(CCC(=O)O)C(C)(C)C)C1CCCCC1. The van der Waals surface area contributed by atoms with E-state index < -0.39 is 5.97 Å². The Morgan fingerprint density at radius 3 is 2.19 bits per heavy atom. The number of rotatable bonds is 6. The molecule has 1 saturated carbocycles. The van der Waals surface area contributed by atoms with E-state index in [2.05, 4.69) is 0 Å². The van der Waals surface area contributed by atoms with Crippen LogP contribution in [-0.4, -0.2) is 58.5 Å². The van der Waals surface area contributed by atoms with Gasteiger partial charge in [-0.05, 0) is 33.6 Å². The Balaban J connectivity index is 2.59. The molecule has 0 spiro atoms. The van der Waals surface area contributed by atoms with Crippen molar-refractivity contribution >= 4 is 11.9 Å². The summed E-state index contributed by atoms with van der Waals surface area (Å²) in [6.45, 7) is 6.75. The van der Waals surface area contributed by atoms with Gasteiger partial charge in [0.25, 0.3) is 0 Å². The lowest BCUT2D eigenvalue weighted by Gasteiger charge is -2.38. The minimum absolute atomic E-state index is 0.0672. The zero-order chi connectivity index (χ0) is 16.0. The monoisotopic (exact) mass is 298 g/mol. The fourth-order valence-electron chi connectivity index (χ4n) is 2.83. The second-order valence-electron chi connectivity index (χ2n) is 7.03. The van der Waals surface area contributed by atoms with Gasteiger partial charge in [-0.1, -0.05) is 19.3 Å². The van der Waals surface area contributed by atoms with E-state index in [4.69, 9.17) is 5.11 Å². The lowest BCUT2D eigenvalue weighted by atomic mass is 9.94. The van der Waals surface area contributed by atoms with Gasteiger partial charge in [-0.3, -0.25) is 14.5 Å². The Labute approximate surface area is 128 Å². The van der Waals surface area contributed by atoms with Gasteiger partial charge in [0.05, 0.1) is 13.0 Å². The fraction of sp³-hybridized carbons (Fsp3) is 0.875. The summed E-state index contributed by atoms with van der Waals surface area (Å²) < 4.78 is 0. The number of carbonyl (C=O) groups excluding carboxylic acids is 1. The molecule has 0 radical (unpaired) electrons. The summed E-state index contributed by atoms with van der Waals surface area (Å²) in [6.07, 6.45) is 5.91. The van der Waals surface area contributed by atoms with Crippen LogP contribution in [0.2, 0.25) is 0 Å². The van der Waals surface area contributed by atoms with E-state index in [-0.39, 0.29) is 17.9 Å². The molecular weight excluding hydrogens is 268 g/mol. The number of carbonyl (C=O) groups is 2. The van der Waals surface area contributed by atoms with Crippen LogP contribution in [0.15, 0.2) is 0 Å². The van der Waals surface area contributed by atoms with E-state index >= 15 is 0 Å². The first-order chi connectivity index (χ1) is 9.71. The van der Waals surface area contributed by atoms with E-state index in [1.165, 1.54) is 19.3 Å². The number of carboxylic acids is 1. The summed E-state index contributed by atoms with van der Waals surface area (Å²) in [4.78, 5) is 27.1. The normalized spacial score (nSPS) is 17.0. The van der Waals surface area contributed by atoms with Crippen molar-refractivity contribution in [3.63, 3.8) is 0 Å². The number of carboxylic acid groups (broad SMARTS) is 1. The standard InChI is InChI=1S/C16H30N2O3/c1-16(2,3)18(11-10-15(20)21)12-14(19)17(4)13-8-6-5-7-9-13/h13H,5-12H2,1-4H3,(H,20,21). The highest BCUT2D eigenvalue weighted by Gasteiger charge is 2.28. The van der Waals surface area contributed by atoms with Crippen LogP contribution in [0.3, 0.4) is 0 Å². The maximum absolute atomic E-state index is 12.5. The molecule has 0 bridgehead atoms. The van der Waals surface area contributed by atoms with Crippen molar-refractivity contribution < 1.29 is 14.7 Å². The number of hydrogen-bond acceptors (Lipinski definition) is 3. The molecule has 122 valence electrons. The maximum Gasteiger partial charge on any atom is 0.304 e. The Hall–Kier alpha value is -1.10. The number of nitrogens with zero attached hydrogens (tertiary/aromatic N) is 2. The van der Waals surface area contributed by atoms with Gasteiger partial charge in [-0.2, -0.15) is 0 Å². The Morgan fingerprint density at radius 1 is 1.14 bits per heavy atom. The maximum atomic E-state index is 12.5. The number of hydrogen-bond donors (Lipinski definition) is 1. The molecule has 0 saturated heterocycles. The molecule has 1 fully saturated rings. The van der Waals surface area contributed by atoms with Gasteiger partial charge in [0.15, 0.2) is 0 Å². The third-order valence-electron chi connectivity index (χ3n) is 4.39. The van der Waals surface area contributed by atoms with Crippen molar-refractivity contribution in [1.29, 1.82) is 0 Å². The molecule has 0 aromatic heterocycles. The Kier molecular flexibility index (Phi) is 6.65. The van der Waals surface area contributed by atoms with Crippen molar-refractivity contribution in [3.8, 4) is 0 Å². The molecule has 21 heavy (non-hydrogen) atoms. The van der Waals surface area contributed by atoms with E-state index in [0.717, 1.165) is 12.8 Å². The second kappa shape index (κ2) is 7.78. The van der Waals surface area contributed by atoms with Crippen LogP contribution >= 0.6 is 0 Å². The van der Waals surface area contributed by atoms with Crippen molar-refractivity contribution in [2.75, 3.05) is 20.1 Å². The van der Waals surface area contributed by atoms with Crippen LogP contribution in [-0.2, 0) is 9.59 Å². The first kappa shape index (κ1) is 18.0. The molecule has 5 nitrogen and oxygen atoms in total. The quantitative estimate of drug-likeness (QED) is 0.817. The first-order valence-corrected chi connectivity index (χ1v) is 7.94. The Bertz CT molecular complexity index is 357. The number of likely N-dealkylation sites (N-methyl/N-ethyl adjacent to an activating group) is 1. The minimum Gasteiger partial charge on any atom is -0.481 e. The number of aliphatic carboxylic acids is 1. The molecule has 1 aliphatic rings. The number of amides is 1. The summed E-state index contributed by atoms with van der Waals surface area (Å²) in [5.74, 6) is -0.723. The van der Waals surface area contributed by atoms with Crippen LogP contribution in [0.4, 0.5) is 0 Å². The largest absolute Gasteiger partial charge is 0.481 e. The third-order valence-corrected chi connectivity index (χ3v) is 4.39. The van der Waals surface area contributed by atoms with Crippen molar-refractivity contribution in [2.45, 2.75) is 70.9 Å². The lowest BCUT2D eigenvalue weighted by molar-refractivity contribution is -0.140. The van der Waals surface area contributed by atoms with Gasteiger partial charge in [-0.15, -0.1) is 0 Å². The van der Waals surface area contributed by atoms with Crippen LogP contribution < -0.4 is 0 Å². The summed E-state index contributed by atoms with van der Waals surface area (Å²) in [6, 6.07) is 0.354. The highest BCUT2D eigenvalue weighted by molar-refractivity contribution is 5.78. The molecule has 1 rings (SSSR count). The second-order valence-corrected chi connectivity index (χ2v) is 7.03. The molecule has 1 amide bonds. The molecular formula is C16H30N2O3. The Morgan fingerprint density at radius 2 is 1.71 bits per heavy atom. The minimum atomic E-state index is -0.822. The average molecular weight is 298 g/mol. The van der Waals surface area contributed by atoms with Gasteiger partial charge in [-0.25, -0.2) is 0 Å². The van der Waals surface area contributed by atoms with Crippen LogP contribution in [0.1, 0.15) is 59.3 Å². The molecule has 1 N–H and O–H groups in total. The van der Waals surface area contributed by atoms with E-state index in [1.54, 1.807) is 0 Å². The topological polar surface area (TPSA) is 60.9 Å². The van der Waals surface area contributed by atoms with E-state index in [0.29, 0.717) is 19.1 Å². The third kappa shape index (κ3) is 6.04. The van der Waals surface area contributed by atoms with E-state index in [9.17, 15) is 9.59 Å². The predicted molar refractivity (Wildman–Crippen MR) is 83.2 cm³/mol. The van der Waals surface area contributed by atoms with Gasteiger partial charge in [0.1, 0.15) is 0 Å². The molecule has 0 aromatic carbocycles. The molecule has 0 unspecified atom stereocenters. The summed E-state index contributed by atoms with van der Waals surface area (Å²) in [5.41, 5.74) is -0.210. The predicted octanol–water partition coefficient (Wildman–Crippen LogP) is 2.35. The van der Waals surface area contributed by atoms with Gasteiger partial charge in [0, 0.05) is 25.2 Å². The fourth-order valence-corrected chi connectivity index (χ4v) is 2.83. The zero-order valence-electron chi connectivity index (χ0n) is 13.9. The summed E-state index contributed by atoms with van der Waals surface area (Å²) in [5, 5.41) is 8.85. The first-order valence-electron chi connectivity index (χ1n) is 7.94. The van der Waals surface area contributed by atoms with Crippen LogP contribution in [0.5, 0.6) is 0 Å². The average Bonchev–Trinajstić information content (AvgIpc) is 2.41. The molecule has 1 aliphatic carbocycles. The zero-order valence-corrected chi connectivity index (χ0v) is 13.9. The molecule has 0 aliphatic heterocycles. The van der Waals surface area contributed by atoms with Gasteiger partial charge < -0.3 is 10.0 Å². The van der Waals surface area contributed by atoms with Crippen LogP contribution in [0, 0.1) is 0 Å². The van der Waals surface area contributed by atoms with E-state index in [1.807, 2.05) is 37.6 Å². The summed E-state index contributed by atoms with van der Waals surface area (Å²) >= 11 is 0. The molecule has 0 heterocycles. The highest BCUT2D eigenvalue weighted by atomic mass is 16.4. The molecule has 5 heteroatoms. The highest BCUT2D eigenvalue weighted by Crippen LogP contribution is 2.22. The molecule has 0 aromatic rings. The van der Waals surface area contributed by atoms with Crippen molar-refractivity contribution in [1.82, 2.24) is 9.80 Å². The van der Waals surface area contributed by atoms with Crippen molar-refractivity contribution in [2.24, 2.45) is 0 Å². The molecule has 0 atom stereocenters. The van der Waals surface area contributed by atoms with Crippen LogP contribution in [0.25, 0.3) is 0 Å². The smallest absolute Gasteiger partial charge is 0.304 e. The van der Waals surface area contributed by atoms with Crippen molar-refractivity contribution in [3.05, 3.63) is 0 Å². The van der Waals surface area contributed by atoms with Gasteiger partial charge >= 0.3 is 5.97 Å². The lowest BCUT2D eigenvalue weighted by Crippen LogP contribution is -2.50. The van der Waals surface area contributed by atoms with Gasteiger partial charge in [0.2, 0.25) is 5.91 Å². The summed E-state index contributed by atoms with van der Waals surface area (Å²) in [7, 11) is 1.89.